The molecule has 3 rings (SSSR count). The maximum absolute atomic E-state index is 12.0. The summed E-state index contributed by atoms with van der Waals surface area (Å²) in [5.41, 5.74) is 6.72. The van der Waals surface area contributed by atoms with Crippen molar-refractivity contribution in [2.45, 2.75) is 25.3 Å². The molecule has 1 aliphatic rings. The summed E-state index contributed by atoms with van der Waals surface area (Å²) >= 11 is 0. The summed E-state index contributed by atoms with van der Waals surface area (Å²) in [6.45, 7) is 0. The molecule has 2 N–H and O–H groups in total. The second-order valence-electron chi connectivity index (χ2n) is 5.48. The molecule has 0 radical (unpaired) electrons. The van der Waals surface area contributed by atoms with Gasteiger partial charge >= 0.3 is 5.97 Å². The van der Waals surface area contributed by atoms with Crippen LogP contribution in [0.3, 0.4) is 0 Å². The first kappa shape index (κ1) is 15.2. The molecular formula is C17H16N2O4. The van der Waals surface area contributed by atoms with Crippen molar-refractivity contribution in [2.75, 3.05) is 0 Å². The molecule has 0 saturated carbocycles. The van der Waals surface area contributed by atoms with Crippen molar-refractivity contribution in [1.29, 1.82) is 0 Å². The van der Waals surface area contributed by atoms with Crippen molar-refractivity contribution in [3.8, 4) is 0 Å². The molecule has 1 aliphatic heterocycles. The second-order valence-corrected chi connectivity index (χ2v) is 5.48. The summed E-state index contributed by atoms with van der Waals surface area (Å²) in [7, 11) is 0. The second kappa shape index (κ2) is 6.18. The summed E-state index contributed by atoms with van der Waals surface area (Å²) < 4.78 is 0. The van der Waals surface area contributed by atoms with Gasteiger partial charge in [0.2, 0.25) is 0 Å². The lowest BCUT2D eigenvalue weighted by atomic mass is 10.0. The Hall–Kier alpha value is -2.73. The van der Waals surface area contributed by atoms with Crippen LogP contribution in [0, 0.1) is 0 Å². The molecule has 23 heavy (non-hydrogen) atoms. The van der Waals surface area contributed by atoms with Gasteiger partial charge in [0.05, 0.1) is 0 Å². The summed E-state index contributed by atoms with van der Waals surface area (Å²) in [6, 6.07) is 12.7. The highest BCUT2D eigenvalue weighted by Crippen LogP contribution is 2.17. The third-order valence-electron chi connectivity index (χ3n) is 3.76. The Balaban J connectivity index is 1.67. The lowest BCUT2D eigenvalue weighted by Gasteiger charge is -2.16. The van der Waals surface area contributed by atoms with Crippen LogP contribution < -0.4 is 5.73 Å². The average molecular weight is 312 g/mol. The molecule has 1 fully saturated rings. The van der Waals surface area contributed by atoms with E-state index in [9.17, 15) is 14.4 Å². The Labute approximate surface area is 132 Å². The van der Waals surface area contributed by atoms with E-state index in [0.29, 0.717) is 5.06 Å². The first-order valence-corrected chi connectivity index (χ1v) is 7.35. The van der Waals surface area contributed by atoms with Crippen LogP contribution in [0.25, 0.3) is 10.8 Å². The molecule has 0 aromatic heterocycles. The zero-order chi connectivity index (χ0) is 16.4. The van der Waals surface area contributed by atoms with Gasteiger partial charge in [0, 0.05) is 12.8 Å². The van der Waals surface area contributed by atoms with Crippen molar-refractivity contribution in [3.05, 3.63) is 48.0 Å². The summed E-state index contributed by atoms with van der Waals surface area (Å²) in [5.74, 6) is -1.82. The molecule has 0 bridgehead atoms. The number of nitrogens with two attached hydrogens (primary N) is 1. The van der Waals surface area contributed by atoms with Crippen molar-refractivity contribution in [3.63, 3.8) is 0 Å². The fourth-order valence-electron chi connectivity index (χ4n) is 2.52. The van der Waals surface area contributed by atoms with Crippen LogP contribution in [0.1, 0.15) is 18.4 Å². The molecule has 0 aliphatic carbocycles. The Morgan fingerprint density at radius 3 is 2.43 bits per heavy atom. The largest absolute Gasteiger partial charge is 0.350 e. The van der Waals surface area contributed by atoms with E-state index < -0.39 is 23.8 Å². The van der Waals surface area contributed by atoms with Crippen LogP contribution in [0.5, 0.6) is 0 Å². The van der Waals surface area contributed by atoms with E-state index in [1.165, 1.54) is 0 Å². The van der Waals surface area contributed by atoms with E-state index >= 15 is 0 Å². The van der Waals surface area contributed by atoms with Crippen molar-refractivity contribution in [1.82, 2.24) is 5.06 Å². The number of hydroxylamine groups is 2. The van der Waals surface area contributed by atoms with Gasteiger partial charge in [-0.2, -0.15) is 0 Å². The lowest BCUT2D eigenvalue weighted by molar-refractivity contribution is -0.198. The number of carbonyl (C=O) groups excluding carboxylic acids is 3. The average Bonchev–Trinajstić information content (AvgIpc) is 2.86. The molecule has 2 aromatic carbocycles. The Bertz CT molecular complexity index is 771. The van der Waals surface area contributed by atoms with Crippen molar-refractivity contribution < 1.29 is 19.2 Å². The van der Waals surface area contributed by atoms with Gasteiger partial charge in [-0.3, -0.25) is 9.59 Å². The van der Waals surface area contributed by atoms with Crippen LogP contribution in [0.15, 0.2) is 42.5 Å². The molecule has 0 spiro atoms. The molecule has 2 aromatic rings. The third kappa shape index (κ3) is 3.22. The quantitative estimate of drug-likeness (QED) is 0.860. The predicted octanol–water partition coefficient (Wildman–Crippen LogP) is 1.32. The Morgan fingerprint density at radius 1 is 1.09 bits per heavy atom. The zero-order valence-corrected chi connectivity index (χ0v) is 12.4. The standard InChI is InChI=1S/C17H16N2O4/c18-14(17(22)23-19-15(20)7-8-16(19)21)10-11-5-6-12-3-1-2-4-13(12)9-11/h1-6,9,14H,7-8,10,18H2/t14-/m1/s1. The summed E-state index contributed by atoms with van der Waals surface area (Å²) in [4.78, 5) is 39.7. The third-order valence-corrected chi connectivity index (χ3v) is 3.76. The van der Waals surface area contributed by atoms with E-state index in [-0.39, 0.29) is 19.3 Å². The SMILES string of the molecule is N[C@H](Cc1ccc2ccccc2c1)C(=O)ON1C(=O)CCC1=O. The minimum atomic E-state index is -0.947. The van der Waals surface area contributed by atoms with Crippen LogP contribution in [0.4, 0.5) is 0 Å². The smallest absolute Gasteiger partial charge is 0.329 e. The Kier molecular flexibility index (Phi) is 4.08. The number of fused-ring (bicyclic) bond motifs is 1. The van der Waals surface area contributed by atoms with E-state index in [2.05, 4.69) is 0 Å². The van der Waals surface area contributed by atoms with Gasteiger partial charge in [0.15, 0.2) is 0 Å². The summed E-state index contributed by atoms with van der Waals surface area (Å²) in [6.07, 6.45) is 0.387. The van der Waals surface area contributed by atoms with E-state index in [0.717, 1.165) is 16.3 Å². The first-order chi connectivity index (χ1) is 11.0. The van der Waals surface area contributed by atoms with Gasteiger partial charge in [-0.05, 0) is 22.8 Å². The number of amides is 2. The number of benzene rings is 2. The predicted molar refractivity (Wildman–Crippen MR) is 82.8 cm³/mol. The number of imide groups is 1. The van der Waals surface area contributed by atoms with Crippen LogP contribution in [0.2, 0.25) is 0 Å². The molecule has 6 heteroatoms. The van der Waals surface area contributed by atoms with Crippen LogP contribution in [-0.4, -0.2) is 28.9 Å². The number of carbonyl (C=O) groups is 3. The van der Waals surface area contributed by atoms with Gasteiger partial charge in [-0.15, -0.1) is 5.06 Å². The van der Waals surface area contributed by atoms with E-state index in [1.807, 2.05) is 42.5 Å². The first-order valence-electron chi connectivity index (χ1n) is 7.35. The van der Waals surface area contributed by atoms with Gasteiger partial charge < -0.3 is 10.6 Å². The highest BCUT2D eigenvalue weighted by atomic mass is 16.7. The maximum Gasteiger partial charge on any atom is 0.350 e. The van der Waals surface area contributed by atoms with Crippen LogP contribution in [-0.2, 0) is 25.6 Å². The number of nitrogens with zero attached hydrogens (tertiary/aromatic N) is 1. The number of hydrogen-bond donors (Lipinski definition) is 1. The number of rotatable bonds is 4. The van der Waals surface area contributed by atoms with E-state index in [4.69, 9.17) is 10.6 Å². The Morgan fingerprint density at radius 2 is 1.74 bits per heavy atom. The fourth-order valence-corrected chi connectivity index (χ4v) is 2.52. The monoisotopic (exact) mass is 312 g/mol. The minimum absolute atomic E-state index is 0.0615. The molecule has 1 saturated heterocycles. The highest BCUT2D eigenvalue weighted by molar-refractivity contribution is 6.01. The van der Waals surface area contributed by atoms with Gasteiger partial charge in [-0.1, -0.05) is 42.5 Å². The maximum atomic E-state index is 12.0. The lowest BCUT2D eigenvalue weighted by Crippen LogP contribution is -2.41. The minimum Gasteiger partial charge on any atom is -0.329 e. The van der Waals surface area contributed by atoms with Gasteiger partial charge in [-0.25, -0.2) is 4.79 Å². The molecule has 2 amide bonds. The van der Waals surface area contributed by atoms with Gasteiger partial charge in [0.1, 0.15) is 6.04 Å². The molecule has 0 unspecified atom stereocenters. The molecule has 118 valence electrons. The van der Waals surface area contributed by atoms with Crippen molar-refractivity contribution in [2.24, 2.45) is 5.73 Å². The van der Waals surface area contributed by atoms with Gasteiger partial charge in [0.25, 0.3) is 11.8 Å². The molecular weight excluding hydrogens is 296 g/mol. The van der Waals surface area contributed by atoms with E-state index in [1.54, 1.807) is 0 Å². The zero-order valence-electron chi connectivity index (χ0n) is 12.4. The van der Waals surface area contributed by atoms with Crippen molar-refractivity contribution >= 4 is 28.6 Å². The topological polar surface area (TPSA) is 89.7 Å². The molecule has 1 atom stereocenters. The summed E-state index contributed by atoms with van der Waals surface area (Å²) in [5, 5.41) is 2.67. The molecule has 1 heterocycles. The van der Waals surface area contributed by atoms with Crippen LogP contribution >= 0.6 is 0 Å². The molecule has 6 nitrogen and oxygen atoms in total. The number of hydrogen-bond acceptors (Lipinski definition) is 5. The fraction of sp³-hybridized carbons (Fsp3) is 0.235. The highest BCUT2D eigenvalue weighted by Gasteiger charge is 2.34. The normalized spacial score (nSPS) is 16.0.